The monoisotopic (exact) mass is 1280 g/mol. The van der Waals surface area contributed by atoms with Crippen molar-refractivity contribution in [3.05, 3.63) is 0 Å². The van der Waals surface area contributed by atoms with E-state index < -0.39 is 176 Å². The van der Waals surface area contributed by atoms with Gasteiger partial charge in [0.2, 0.25) is 5.91 Å². The number of halogens is 35. The van der Waals surface area contributed by atoms with E-state index >= 15 is 0 Å². The number of alkyl halides is 35. The number of nitrogens with zero attached hydrogens (tertiary/aromatic N) is 1. The van der Waals surface area contributed by atoms with Gasteiger partial charge in [0.1, 0.15) is 0 Å². The number of carbonyl (C=O) groups excluding carboxylic acids is 3. The molecule has 0 rings (SSSR count). The van der Waals surface area contributed by atoms with E-state index in [-0.39, 0.29) is 44.6 Å². The molecule has 3 unspecified atom stereocenters. The summed E-state index contributed by atoms with van der Waals surface area (Å²) in [6.45, 7) is -5.17. The van der Waals surface area contributed by atoms with Gasteiger partial charge in [-0.05, 0) is 19.3 Å². The van der Waals surface area contributed by atoms with E-state index in [0.717, 1.165) is 21.0 Å². The molecule has 488 valence electrons. The zero-order valence-electron chi connectivity index (χ0n) is 35.8. The van der Waals surface area contributed by atoms with Crippen LogP contribution >= 0.6 is 0 Å². The summed E-state index contributed by atoms with van der Waals surface area (Å²) >= 11 is 0. The van der Waals surface area contributed by atoms with Crippen LogP contribution in [0.15, 0.2) is 0 Å². The summed E-state index contributed by atoms with van der Waals surface area (Å²) in [5.41, 5.74) is 0. The molecule has 0 aliphatic rings. The topological polar surface area (TPSA) is 72.9 Å². The van der Waals surface area contributed by atoms with E-state index in [1.54, 1.807) is 0 Å². The molecule has 0 radical (unpaired) electrons. The summed E-state index contributed by atoms with van der Waals surface area (Å²) in [6, 6.07) is 0. The van der Waals surface area contributed by atoms with Gasteiger partial charge in [0.25, 0.3) is 0 Å². The zero-order chi connectivity index (χ0) is 60.3. The van der Waals surface area contributed by atoms with E-state index in [2.05, 4.69) is 9.47 Å². The number of ether oxygens (including phenoxy) is 2. The maximum atomic E-state index is 14.5. The molecule has 41 heteroatoms. The van der Waals surface area contributed by atoms with Gasteiger partial charge in [-0.3, -0.25) is 14.4 Å². The molecular formula is C39H52F35NO5. The van der Waals surface area contributed by atoms with Crippen molar-refractivity contribution in [2.45, 2.75) is 186 Å². The lowest BCUT2D eigenvalue weighted by Crippen LogP contribution is -2.75. The Hall–Kier alpha value is -4.04. The first-order chi connectivity index (χ1) is 32.0. The molecule has 80 heavy (non-hydrogen) atoms. The predicted octanol–water partition coefficient (Wildman–Crippen LogP) is 16.8. The molecule has 6 nitrogen and oxygen atoms in total. The van der Waals surface area contributed by atoms with Gasteiger partial charge in [-0.15, -0.1) is 0 Å². The molecule has 0 N–H and O–H groups in total. The van der Waals surface area contributed by atoms with Crippen LogP contribution in [0, 0.1) is 17.8 Å². The standard InChI is InChI=1S/C33H28F35NO5.6CH4/c1-5-12(15(71)74-10-19(38,39)22(44,45)25(50,51)27(54,55)26(52,53)23(46,47)20(40,41)17(34)35)9-13(8-11(2)14(70)69(3)4)16(72)73-7-6-18(36,37)21(42,43)24(48,49)28(56,57)29(58,59)30(60,61)31(62,63)32(64,65)33(66,67)68;;;;;;/h11-13,17H,5-10H2,1-4H3;6*1H4. The highest BCUT2D eigenvalue weighted by Gasteiger charge is 2.97. The third-order valence-electron chi connectivity index (χ3n) is 10.2. The van der Waals surface area contributed by atoms with Gasteiger partial charge >= 0.3 is 113 Å². The third-order valence-corrected chi connectivity index (χ3v) is 10.2. The lowest BCUT2D eigenvalue weighted by atomic mass is 9.85. The van der Waals surface area contributed by atoms with Gasteiger partial charge in [-0.1, -0.05) is 58.4 Å². The summed E-state index contributed by atoms with van der Waals surface area (Å²) in [4.78, 5) is 38.4. The third kappa shape index (κ3) is 14.1. The highest BCUT2D eigenvalue weighted by atomic mass is 19.4. The second-order valence-corrected chi connectivity index (χ2v) is 15.7. The molecule has 0 saturated carbocycles. The molecule has 0 fully saturated rings. The second-order valence-electron chi connectivity index (χ2n) is 15.7. The minimum absolute atomic E-state index is 0. The Kier molecular flexibility index (Phi) is 29.9. The Balaban J connectivity index is -0.00000178. The van der Waals surface area contributed by atoms with Gasteiger partial charge in [0.15, 0.2) is 6.61 Å². The lowest BCUT2D eigenvalue weighted by molar-refractivity contribution is -0.468. The molecule has 0 aromatic heterocycles. The van der Waals surface area contributed by atoms with Crippen LogP contribution in [0.3, 0.4) is 0 Å². The number of esters is 2. The molecule has 0 bridgehead atoms. The average Bonchev–Trinajstić information content (AvgIpc) is 3.22. The number of amides is 1. The zero-order valence-corrected chi connectivity index (χ0v) is 35.8. The fourth-order valence-corrected chi connectivity index (χ4v) is 5.52. The van der Waals surface area contributed by atoms with E-state index in [4.69, 9.17) is 0 Å². The minimum Gasteiger partial charge on any atom is -0.465 e. The second kappa shape index (κ2) is 26.7. The molecule has 0 aliphatic carbocycles. The Labute approximate surface area is 431 Å². The van der Waals surface area contributed by atoms with Gasteiger partial charge < -0.3 is 14.4 Å². The molecule has 0 aromatic carbocycles. The fourth-order valence-electron chi connectivity index (χ4n) is 5.52. The number of hydrogen-bond acceptors (Lipinski definition) is 5. The summed E-state index contributed by atoms with van der Waals surface area (Å²) in [7, 11) is 1.81. The van der Waals surface area contributed by atoms with Gasteiger partial charge in [0, 0.05) is 20.0 Å². The number of hydrogen-bond donors (Lipinski definition) is 0. The Morgan fingerprint density at radius 2 is 0.688 bits per heavy atom. The Morgan fingerprint density at radius 1 is 0.400 bits per heavy atom. The van der Waals surface area contributed by atoms with E-state index in [0.29, 0.717) is 11.8 Å². The van der Waals surface area contributed by atoms with Crippen molar-refractivity contribution in [3.8, 4) is 0 Å². The summed E-state index contributed by atoms with van der Waals surface area (Å²) in [6.07, 6.45) is -21.9. The van der Waals surface area contributed by atoms with Crippen molar-refractivity contribution in [3.63, 3.8) is 0 Å². The molecule has 0 saturated heterocycles. The maximum Gasteiger partial charge on any atom is 0.460 e. The maximum absolute atomic E-state index is 14.5. The van der Waals surface area contributed by atoms with E-state index in [1.807, 2.05) is 0 Å². The lowest BCUT2D eigenvalue weighted by Gasteiger charge is -2.43. The summed E-state index contributed by atoms with van der Waals surface area (Å²) in [5.74, 6) is -142. The Bertz CT molecular complexity index is 1970. The van der Waals surface area contributed by atoms with Crippen LogP contribution in [0.5, 0.6) is 0 Å². The number of carbonyl (C=O) groups is 3. The van der Waals surface area contributed by atoms with E-state index in [9.17, 15) is 168 Å². The molecule has 0 spiro atoms. The first kappa shape index (κ1) is 89.8. The smallest absolute Gasteiger partial charge is 0.460 e. The van der Waals surface area contributed by atoms with Crippen LogP contribution in [-0.2, 0) is 23.9 Å². The molecule has 0 heterocycles. The van der Waals surface area contributed by atoms with Gasteiger partial charge in [-0.2, -0.15) is 145 Å². The molecule has 1 amide bonds. The largest absolute Gasteiger partial charge is 0.465 e. The van der Waals surface area contributed by atoms with Crippen molar-refractivity contribution in [2.75, 3.05) is 27.3 Å². The average molecular weight is 1280 g/mol. The van der Waals surface area contributed by atoms with Crippen LogP contribution in [0.25, 0.3) is 0 Å². The van der Waals surface area contributed by atoms with Crippen LogP contribution in [-0.4, -0.2) is 151 Å². The highest BCUT2D eigenvalue weighted by molar-refractivity contribution is 5.80. The molecular weight excluding hydrogens is 1230 g/mol. The quantitative estimate of drug-likeness (QED) is 0.0605. The van der Waals surface area contributed by atoms with Crippen molar-refractivity contribution in [2.24, 2.45) is 17.8 Å². The highest BCUT2D eigenvalue weighted by Crippen LogP contribution is 2.66. The van der Waals surface area contributed by atoms with E-state index in [1.165, 1.54) is 0 Å². The minimum atomic E-state index is -9.31. The number of rotatable bonds is 27. The van der Waals surface area contributed by atoms with Crippen LogP contribution in [0.1, 0.15) is 84.1 Å². The van der Waals surface area contributed by atoms with Crippen LogP contribution in [0.2, 0.25) is 0 Å². The van der Waals surface area contributed by atoms with Crippen molar-refractivity contribution in [1.82, 2.24) is 4.90 Å². The summed E-state index contributed by atoms with van der Waals surface area (Å²) < 4.78 is 486. The van der Waals surface area contributed by atoms with Crippen molar-refractivity contribution >= 4 is 17.8 Å². The van der Waals surface area contributed by atoms with Gasteiger partial charge in [-0.25, -0.2) is 8.78 Å². The van der Waals surface area contributed by atoms with Crippen molar-refractivity contribution < 1.29 is 178 Å². The fraction of sp³-hybridized carbons (Fsp3) is 0.923. The summed E-state index contributed by atoms with van der Waals surface area (Å²) in [5, 5.41) is 0. The molecule has 0 aromatic rings. The predicted molar refractivity (Wildman–Crippen MR) is 208 cm³/mol. The molecule has 0 aliphatic heterocycles. The van der Waals surface area contributed by atoms with Crippen LogP contribution < -0.4 is 0 Å². The first-order valence-electron chi connectivity index (χ1n) is 18.6. The molecule has 3 atom stereocenters. The van der Waals surface area contributed by atoms with Gasteiger partial charge in [0.05, 0.1) is 24.9 Å². The van der Waals surface area contributed by atoms with Crippen LogP contribution in [0.4, 0.5) is 154 Å². The normalized spacial score (nSPS) is 15.5. The first-order valence-corrected chi connectivity index (χ1v) is 18.6. The SMILES string of the molecule is C.C.C.C.C.C.CCC(CC(CC(C)C(=O)N(C)C)C(=O)OCCC(F)(F)C(F)(F)C(F)(F)C(F)(F)C(F)(F)C(F)(F)C(F)(F)C(F)(F)C(F)(F)F)C(=O)OCC(F)(F)C(F)(F)C(F)(F)C(F)(F)C(F)(F)C(F)(F)C(F)(F)C(F)F. The Morgan fingerprint density at radius 3 is 0.988 bits per heavy atom. The van der Waals surface area contributed by atoms with Crippen molar-refractivity contribution in [1.29, 1.82) is 0 Å².